The molecular formula is C12H14N4O3S. The molecule has 0 aliphatic carbocycles. The first-order valence-electron chi connectivity index (χ1n) is 5.73. The highest BCUT2D eigenvalue weighted by molar-refractivity contribution is 7.92. The zero-order valence-electron chi connectivity index (χ0n) is 11.0. The third kappa shape index (κ3) is 2.97. The molecule has 0 unspecified atom stereocenters. The molecule has 0 atom stereocenters. The Morgan fingerprint density at radius 3 is 2.40 bits per heavy atom. The van der Waals surface area contributed by atoms with Crippen LogP contribution in [0.15, 0.2) is 41.8 Å². The van der Waals surface area contributed by atoms with Gasteiger partial charge in [0.2, 0.25) is 0 Å². The third-order valence-corrected chi connectivity index (χ3v) is 3.86. The molecule has 0 aliphatic heterocycles. The van der Waals surface area contributed by atoms with Crippen molar-refractivity contribution in [1.29, 1.82) is 0 Å². The Kier molecular flexibility index (Phi) is 3.75. The average molecular weight is 294 g/mol. The quantitative estimate of drug-likeness (QED) is 0.876. The molecule has 0 spiro atoms. The molecule has 20 heavy (non-hydrogen) atoms. The van der Waals surface area contributed by atoms with Gasteiger partial charge in [-0.05, 0) is 24.3 Å². The molecule has 2 aromatic rings. The first-order chi connectivity index (χ1) is 9.40. The van der Waals surface area contributed by atoms with Gasteiger partial charge >= 0.3 is 0 Å². The number of imidazole rings is 1. The fraction of sp³-hybridized carbons (Fsp3) is 0.167. The maximum absolute atomic E-state index is 11.9. The van der Waals surface area contributed by atoms with E-state index < -0.39 is 10.0 Å². The topological polar surface area (TPSA) is 95.2 Å². The summed E-state index contributed by atoms with van der Waals surface area (Å²) < 4.78 is 26.3. The number of aromatic amines is 1. The van der Waals surface area contributed by atoms with Crippen LogP contribution in [0.3, 0.4) is 0 Å². The van der Waals surface area contributed by atoms with Gasteiger partial charge in [-0.3, -0.25) is 9.52 Å². The van der Waals surface area contributed by atoms with Crippen molar-refractivity contribution in [2.24, 2.45) is 0 Å². The van der Waals surface area contributed by atoms with Gasteiger partial charge in [0.25, 0.3) is 15.9 Å². The molecule has 1 heterocycles. The van der Waals surface area contributed by atoms with Crippen LogP contribution < -0.4 is 4.72 Å². The number of rotatable bonds is 4. The summed E-state index contributed by atoms with van der Waals surface area (Å²) in [7, 11) is -0.383. The lowest BCUT2D eigenvalue weighted by molar-refractivity contribution is 0.0827. The van der Waals surface area contributed by atoms with Gasteiger partial charge in [-0.1, -0.05) is 0 Å². The predicted molar refractivity (Wildman–Crippen MR) is 73.9 cm³/mol. The molecule has 8 heteroatoms. The van der Waals surface area contributed by atoms with Crippen molar-refractivity contribution < 1.29 is 13.2 Å². The van der Waals surface area contributed by atoms with E-state index in [0.717, 1.165) is 0 Å². The van der Waals surface area contributed by atoms with Crippen molar-refractivity contribution in [2.75, 3.05) is 18.8 Å². The summed E-state index contributed by atoms with van der Waals surface area (Å²) in [4.78, 5) is 19.3. The minimum absolute atomic E-state index is 0.0223. The molecule has 106 valence electrons. The minimum Gasteiger partial charge on any atom is -0.345 e. The van der Waals surface area contributed by atoms with Gasteiger partial charge in [0, 0.05) is 25.3 Å². The van der Waals surface area contributed by atoms with Gasteiger partial charge in [-0.2, -0.15) is 8.42 Å². The van der Waals surface area contributed by atoms with Crippen LogP contribution in [-0.4, -0.2) is 43.3 Å². The minimum atomic E-state index is -3.68. The molecule has 1 amide bonds. The van der Waals surface area contributed by atoms with E-state index in [1.807, 2.05) is 0 Å². The molecule has 0 saturated carbocycles. The van der Waals surface area contributed by atoms with Crippen LogP contribution in [0.4, 0.5) is 5.69 Å². The van der Waals surface area contributed by atoms with Gasteiger partial charge in [-0.25, -0.2) is 4.98 Å². The van der Waals surface area contributed by atoms with E-state index in [0.29, 0.717) is 11.3 Å². The number of carbonyl (C=O) groups excluding carboxylic acids is 1. The summed E-state index contributed by atoms with van der Waals surface area (Å²) in [5.41, 5.74) is 0.856. The number of hydrogen-bond donors (Lipinski definition) is 2. The van der Waals surface area contributed by atoms with Crippen LogP contribution in [0.25, 0.3) is 0 Å². The Morgan fingerprint density at radius 2 is 1.90 bits per heavy atom. The van der Waals surface area contributed by atoms with Crippen molar-refractivity contribution in [3.05, 3.63) is 42.4 Å². The van der Waals surface area contributed by atoms with Crippen molar-refractivity contribution in [2.45, 2.75) is 5.03 Å². The Hall–Kier alpha value is -2.35. The second kappa shape index (κ2) is 5.33. The fourth-order valence-electron chi connectivity index (χ4n) is 1.54. The van der Waals surface area contributed by atoms with E-state index in [-0.39, 0.29) is 10.9 Å². The monoisotopic (exact) mass is 294 g/mol. The molecular weight excluding hydrogens is 280 g/mol. The average Bonchev–Trinajstić information content (AvgIpc) is 2.93. The standard InChI is InChI=1S/C12H14N4O3S/c1-16(2)12(17)9-3-5-10(6-4-9)15-20(18,19)11-7-13-8-14-11/h3-8,15H,1-2H3,(H,13,14). The van der Waals surface area contributed by atoms with Gasteiger partial charge < -0.3 is 9.88 Å². The number of aromatic nitrogens is 2. The molecule has 0 aliphatic rings. The second-order valence-electron chi connectivity index (χ2n) is 4.30. The summed E-state index contributed by atoms with van der Waals surface area (Å²) in [5.74, 6) is -0.145. The number of hydrogen-bond acceptors (Lipinski definition) is 4. The SMILES string of the molecule is CN(C)C(=O)c1ccc(NS(=O)(=O)c2cnc[nH]2)cc1. The number of H-pyrrole nitrogens is 1. The number of sulfonamides is 1. The number of carbonyl (C=O) groups is 1. The Labute approximate surface area is 116 Å². The van der Waals surface area contributed by atoms with E-state index in [4.69, 9.17) is 0 Å². The summed E-state index contributed by atoms with van der Waals surface area (Å²) in [5, 5.41) is -0.0223. The molecule has 1 aromatic carbocycles. The molecule has 0 saturated heterocycles. The highest BCUT2D eigenvalue weighted by Crippen LogP contribution is 2.15. The Morgan fingerprint density at radius 1 is 1.25 bits per heavy atom. The van der Waals surface area contributed by atoms with Crippen molar-refractivity contribution in [3.63, 3.8) is 0 Å². The third-order valence-electron chi connectivity index (χ3n) is 2.55. The molecule has 1 aromatic heterocycles. The first kappa shape index (κ1) is 14.1. The van der Waals surface area contributed by atoms with Crippen molar-refractivity contribution >= 4 is 21.6 Å². The van der Waals surface area contributed by atoms with E-state index >= 15 is 0 Å². The molecule has 0 bridgehead atoms. The van der Waals surface area contributed by atoms with Gasteiger partial charge in [0.15, 0.2) is 5.03 Å². The Balaban J connectivity index is 2.18. The smallest absolute Gasteiger partial charge is 0.278 e. The van der Waals surface area contributed by atoms with Crippen LogP contribution in [0.1, 0.15) is 10.4 Å². The van der Waals surface area contributed by atoms with E-state index in [1.165, 1.54) is 29.6 Å². The van der Waals surface area contributed by atoms with Gasteiger partial charge in [0.1, 0.15) is 0 Å². The maximum atomic E-state index is 11.9. The second-order valence-corrected chi connectivity index (χ2v) is 5.95. The summed E-state index contributed by atoms with van der Waals surface area (Å²) >= 11 is 0. The number of nitrogens with zero attached hydrogens (tertiary/aromatic N) is 2. The lowest BCUT2D eigenvalue weighted by Crippen LogP contribution is -2.21. The normalized spacial score (nSPS) is 11.1. The number of anilines is 1. The molecule has 0 fully saturated rings. The highest BCUT2D eigenvalue weighted by atomic mass is 32.2. The molecule has 7 nitrogen and oxygen atoms in total. The Bertz CT molecular complexity index is 691. The van der Waals surface area contributed by atoms with Crippen LogP contribution in [0, 0.1) is 0 Å². The fourth-order valence-corrected chi connectivity index (χ4v) is 2.50. The van der Waals surface area contributed by atoms with Crippen LogP contribution in [-0.2, 0) is 10.0 Å². The number of nitrogens with one attached hydrogen (secondary N) is 2. The van der Waals surface area contributed by atoms with Crippen LogP contribution in [0.2, 0.25) is 0 Å². The first-order valence-corrected chi connectivity index (χ1v) is 7.21. The van der Waals surface area contributed by atoms with E-state index in [1.54, 1.807) is 26.2 Å². The van der Waals surface area contributed by atoms with Gasteiger partial charge in [-0.15, -0.1) is 0 Å². The van der Waals surface area contributed by atoms with E-state index in [9.17, 15) is 13.2 Å². The largest absolute Gasteiger partial charge is 0.345 e. The van der Waals surface area contributed by atoms with Gasteiger partial charge in [0.05, 0.1) is 12.5 Å². The van der Waals surface area contributed by atoms with Crippen LogP contribution in [0.5, 0.6) is 0 Å². The lowest BCUT2D eigenvalue weighted by atomic mass is 10.2. The van der Waals surface area contributed by atoms with Crippen LogP contribution >= 0.6 is 0 Å². The zero-order valence-corrected chi connectivity index (χ0v) is 11.8. The van der Waals surface area contributed by atoms with E-state index in [2.05, 4.69) is 14.7 Å². The highest BCUT2D eigenvalue weighted by Gasteiger charge is 2.15. The summed E-state index contributed by atoms with van der Waals surface area (Å²) in [6.07, 6.45) is 2.50. The summed E-state index contributed by atoms with van der Waals surface area (Å²) in [6.45, 7) is 0. The number of benzene rings is 1. The van der Waals surface area contributed by atoms with Crippen molar-refractivity contribution in [3.8, 4) is 0 Å². The summed E-state index contributed by atoms with van der Waals surface area (Å²) in [6, 6.07) is 6.19. The molecule has 2 rings (SSSR count). The maximum Gasteiger partial charge on any atom is 0.278 e. The lowest BCUT2D eigenvalue weighted by Gasteiger charge is -2.11. The number of amides is 1. The predicted octanol–water partition coefficient (Wildman–Crippen LogP) is 0.912. The molecule has 2 N–H and O–H groups in total. The zero-order chi connectivity index (χ0) is 14.8. The van der Waals surface area contributed by atoms with Crippen molar-refractivity contribution in [1.82, 2.24) is 14.9 Å². The molecule has 0 radical (unpaired) electrons.